The summed E-state index contributed by atoms with van der Waals surface area (Å²) in [6, 6.07) is 3.45. The maximum absolute atomic E-state index is 13.3. The van der Waals surface area contributed by atoms with E-state index in [0.29, 0.717) is 46.5 Å². The molecule has 0 amide bonds. The highest BCUT2D eigenvalue weighted by molar-refractivity contribution is 5.86. The molecule has 0 bridgehead atoms. The van der Waals surface area contributed by atoms with Gasteiger partial charge in [-0.25, -0.2) is 19.8 Å². The van der Waals surface area contributed by atoms with Gasteiger partial charge in [0.2, 0.25) is 11.8 Å². The molecule has 11 heteroatoms. The molecule has 10 nitrogen and oxygen atoms in total. The molecule has 0 atom stereocenters. The average molecular weight is 531 g/mol. The van der Waals surface area contributed by atoms with Crippen molar-refractivity contribution in [2.45, 2.75) is 74.1 Å². The molecular weight excluding hydrogens is 487 g/mol. The van der Waals surface area contributed by atoms with Crippen LogP contribution >= 0.6 is 0 Å². The summed E-state index contributed by atoms with van der Waals surface area (Å²) >= 11 is 0. The fraction of sp³-hybridized carbons (Fsp3) is 0.481. The molecular formula is C27H43FN8O2. The lowest BCUT2D eigenvalue weighted by Gasteiger charge is -2.09. The number of ether oxygens (including phenoxy) is 1. The quantitative estimate of drug-likeness (QED) is 0.350. The fourth-order valence-corrected chi connectivity index (χ4v) is 2.76. The molecule has 1 aromatic carbocycles. The molecule has 0 spiro atoms. The van der Waals surface area contributed by atoms with E-state index < -0.39 is 5.82 Å². The monoisotopic (exact) mass is 530 g/mol. The first kappa shape index (κ1) is 32.1. The number of H-pyrrole nitrogens is 1. The van der Waals surface area contributed by atoms with E-state index in [0.717, 1.165) is 11.7 Å². The van der Waals surface area contributed by atoms with Crippen molar-refractivity contribution in [3.63, 3.8) is 0 Å². The smallest absolute Gasteiger partial charge is 0.216 e. The Labute approximate surface area is 225 Å². The highest BCUT2D eigenvalue weighted by Gasteiger charge is 2.14. The van der Waals surface area contributed by atoms with Crippen LogP contribution in [-0.2, 0) is 4.74 Å². The molecule has 1 aromatic heterocycles. The largest absolute Gasteiger partial charge is 0.505 e. The summed E-state index contributed by atoms with van der Waals surface area (Å²) < 4.78 is 18.3. The van der Waals surface area contributed by atoms with Crippen LogP contribution in [0, 0.1) is 24.6 Å². The van der Waals surface area contributed by atoms with E-state index in [-0.39, 0.29) is 11.7 Å². The SMILES string of the molecule is C=C1N=C(C(C)C)NN1.C=C1NN=C(C(C)C)O1.CC(C)c1ncn[nH]1.Cc1ccc(C(C)C)c(F)c1O. The molecule has 5 N–H and O–H groups in total. The van der Waals surface area contributed by atoms with E-state index in [2.05, 4.69) is 82.4 Å². The van der Waals surface area contributed by atoms with Gasteiger partial charge in [0.05, 0.1) is 0 Å². The number of aryl methyl sites for hydroxylation is 1. The number of phenols is 1. The van der Waals surface area contributed by atoms with Crippen molar-refractivity contribution in [3.05, 3.63) is 66.1 Å². The van der Waals surface area contributed by atoms with E-state index in [4.69, 9.17) is 4.74 Å². The topological polar surface area (TPSA) is 132 Å². The number of nitrogens with one attached hydrogen (secondary N) is 4. The van der Waals surface area contributed by atoms with E-state index in [1.165, 1.54) is 6.33 Å². The molecule has 4 rings (SSSR count). The number of phenolic OH excluding ortho intramolecular Hbond substituents is 1. The van der Waals surface area contributed by atoms with Crippen LogP contribution in [0.15, 0.2) is 53.4 Å². The number of benzene rings is 1. The molecule has 0 aliphatic carbocycles. The van der Waals surface area contributed by atoms with Gasteiger partial charge in [0.15, 0.2) is 11.6 Å². The Morgan fingerprint density at radius 2 is 1.58 bits per heavy atom. The summed E-state index contributed by atoms with van der Waals surface area (Å²) in [7, 11) is 0. The Kier molecular flexibility index (Phi) is 13.0. The molecule has 2 aromatic rings. The first-order valence-electron chi connectivity index (χ1n) is 12.6. The van der Waals surface area contributed by atoms with E-state index in [1.54, 1.807) is 19.1 Å². The van der Waals surface area contributed by atoms with Crippen LogP contribution < -0.4 is 16.3 Å². The van der Waals surface area contributed by atoms with Crippen molar-refractivity contribution in [3.8, 4) is 5.75 Å². The summed E-state index contributed by atoms with van der Waals surface area (Å²) in [5.41, 5.74) is 9.48. The summed E-state index contributed by atoms with van der Waals surface area (Å²) in [4.78, 5) is 8.04. The van der Waals surface area contributed by atoms with Crippen molar-refractivity contribution in [1.82, 2.24) is 31.5 Å². The van der Waals surface area contributed by atoms with Crippen molar-refractivity contribution < 1.29 is 14.2 Å². The minimum Gasteiger partial charge on any atom is -0.505 e. The molecule has 3 heterocycles. The molecule has 210 valence electrons. The standard InChI is InChI=1S/C10H13FO.C6H11N3.C6H10N2O.C5H9N3/c1-6(2)8-5-4-7(3)10(12)9(8)11;1-4(2)6-7-5(3)8-9-6;1-4(2)6-8-7-5(3)9-6;1-4(2)5-6-3-7-8-5/h4-6,12H,1-3H3;4,8H,3H2,1-2H3,(H,7,9);4,7H,3H2,1-2H3;3-4H,1-2H3,(H,6,7,8). The second-order valence-corrected chi connectivity index (χ2v) is 9.90. The van der Waals surface area contributed by atoms with Crippen molar-refractivity contribution >= 4 is 11.7 Å². The molecule has 2 aliphatic heterocycles. The first-order valence-corrected chi connectivity index (χ1v) is 12.6. The third kappa shape index (κ3) is 10.6. The lowest BCUT2D eigenvalue weighted by molar-refractivity contribution is 0.396. The molecule has 2 aliphatic rings. The second kappa shape index (κ2) is 15.4. The Balaban J connectivity index is 0.000000256. The van der Waals surface area contributed by atoms with Crippen LogP contribution in [0.1, 0.15) is 84.2 Å². The number of aromatic hydroxyl groups is 1. The highest BCUT2D eigenvalue weighted by atomic mass is 19.1. The van der Waals surface area contributed by atoms with Gasteiger partial charge in [0, 0.05) is 17.8 Å². The fourth-order valence-electron chi connectivity index (χ4n) is 2.76. The van der Waals surface area contributed by atoms with E-state index in [1.807, 2.05) is 27.7 Å². The van der Waals surface area contributed by atoms with Crippen LogP contribution in [0.5, 0.6) is 5.75 Å². The third-order valence-corrected chi connectivity index (χ3v) is 5.10. The minimum atomic E-state index is -0.481. The third-order valence-electron chi connectivity index (χ3n) is 5.10. The van der Waals surface area contributed by atoms with Crippen LogP contribution in [-0.4, -0.2) is 32.0 Å². The normalized spacial score (nSPS) is 13.7. The second-order valence-electron chi connectivity index (χ2n) is 9.90. The maximum atomic E-state index is 13.3. The van der Waals surface area contributed by atoms with Crippen LogP contribution in [0.3, 0.4) is 0 Å². The van der Waals surface area contributed by atoms with Gasteiger partial charge in [0.1, 0.15) is 23.8 Å². The van der Waals surface area contributed by atoms with Crippen molar-refractivity contribution in [2.75, 3.05) is 0 Å². The number of aromatic nitrogens is 3. The van der Waals surface area contributed by atoms with Gasteiger partial charge < -0.3 is 9.84 Å². The van der Waals surface area contributed by atoms with Gasteiger partial charge in [0.25, 0.3) is 0 Å². The Hall–Kier alpha value is -3.89. The number of aromatic amines is 1. The summed E-state index contributed by atoms with van der Waals surface area (Å²) in [6.07, 6.45) is 1.52. The molecule has 0 saturated carbocycles. The molecule has 0 unspecified atom stereocenters. The summed E-state index contributed by atoms with van der Waals surface area (Å²) in [6.45, 7) is 25.0. The first-order chi connectivity index (χ1) is 17.7. The summed E-state index contributed by atoms with van der Waals surface area (Å²) in [5.74, 6) is 4.45. The number of nitrogens with zero attached hydrogens (tertiary/aromatic N) is 4. The number of hydrogen-bond donors (Lipinski definition) is 5. The Morgan fingerprint density at radius 1 is 0.921 bits per heavy atom. The summed E-state index contributed by atoms with van der Waals surface area (Å²) in [5, 5.41) is 19.6. The average Bonchev–Trinajstić information content (AvgIpc) is 3.61. The van der Waals surface area contributed by atoms with Gasteiger partial charge in [-0.2, -0.15) is 5.10 Å². The predicted molar refractivity (Wildman–Crippen MR) is 151 cm³/mol. The number of halogens is 1. The zero-order valence-corrected chi connectivity index (χ0v) is 24.0. The predicted octanol–water partition coefficient (Wildman–Crippen LogP) is 5.56. The van der Waals surface area contributed by atoms with Crippen molar-refractivity contribution in [1.29, 1.82) is 0 Å². The number of hydrogen-bond acceptors (Lipinski definition) is 9. The lowest BCUT2D eigenvalue weighted by atomic mass is 10.0. The van der Waals surface area contributed by atoms with Gasteiger partial charge in [-0.3, -0.25) is 16.0 Å². The minimum absolute atomic E-state index is 0.108. The molecule has 38 heavy (non-hydrogen) atoms. The molecule has 0 saturated heterocycles. The van der Waals surface area contributed by atoms with Gasteiger partial charge in [-0.1, -0.05) is 74.1 Å². The van der Waals surface area contributed by atoms with Gasteiger partial charge >= 0.3 is 0 Å². The van der Waals surface area contributed by atoms with E-state index >= 15 is 0 Å². The van der Waals surface area contributed by atoms with Crippen molar-refractivity contribution in [2.24, 2.45) is 21.9 Å². The zero-order chi connectivity index (χ0) is 29.0. The maximum Gasteiger partial charge on any atom is 0.216 e. The highest BCUT2D eigenvalue weighted by Crippen LogP contribution is 2.27. The number of hydrazine groups is 1. The number of amidine groups is 1. The van der Waals surface area contributed by atoms with Crippen LogP contribution in [0.2, 0.25) is 0 Å². The number of aliphatic imine (C=N–C) groups is 1. The van der Waals surface area contributed by atoms with Crippen LogP contribution in [0.25, 0.3) is 0 Å². The zero-order valence-electron chi connectivity index (χ0n) is 24.0. The number of rotatable bonds is 4. The van der Waals surface area contributed by atoms with Gasteiger partial charge in [-0.05, 0) is 30.5 Å². The Morgan fingerprint density at radius 3 is 1.89 bits per heavy atom. The van der Waals surface area contributed by atoms with Crippen LogP contribution in [0.4, 0.5) is 4.39 Å². The molecule has 0 radical (unpaired) electrons. The molecule has 0 fully saturated rings. The van der Waals surface area contributed by atoms with E-state index in [9.17, 15) is 9.50 Å². The Bertz CT molecular complexity index is 1110. The van der Waals surface area contributed by atoms with Gasteiger partial charge in [-0.15, -0.1) is 5.10 Å². The number of hydrazone groups is 1. The lowest BCUT2D eigenvalue weighted by Crippen LogP contribution is -2.31.